The molecule has 33 heavy (non-hydrogen) atoms. The molecular weight excluding hydrogens is 434 g/mol. The van der Waals surface area contributed by atoms with E-state index in [0.717, 1.165) is 56.0 Å². The molecule has 1 atom stereocenters. The van der Waals surface area contributed by atoms with Gasteiger partial charge in [-0.15, -0.1) is 0 Å². The summed E-state index contributed by atoms with van der Waals surface area (Å²) in [5.41, 5.74) is 9.96. The molecule has 2 aliphatic rings. The summed E-state index contributed by atoms with van der Waals surface area (Å²) in [6.07, 6.45) is 3.71. The first-order chi connectivity index (χ1) is 15.9. The molecule has 3 aromatic rings. The number of benzene rings is 1. The number of nitrogens with zero attached hydrogens (tertiary/aromatic N) is 3. The van der Waals surface area contributed by atoms with E-state index in [2.05, 4.69) is 20.6 Å². The van der Waals surface area contributed by atoms with Gasteiger partial charge in [-0.3, -0.25) is 9.59 Å². The van der Waals surface area contributed by atoms with Gasteiger partial charge in [0, 0.05) is 44.7 Å². The molecule has 0 aliphatic carbocycles. The van der Waals surface area contributed by atoms with Crippen molar-refractivity contribution >= 4 is 40.3 Å². The average Bonchev–Trinajstić information content (AvgIpc) is 3.58. The fourth-order valence-corrected chi connectivity index (χ4v) is 5.51. The summed E-state index contributed by atoms with van der Waals surface area (Å²) in [6, 6.07) is 11.4. The predicted molar refractivity (Wildman–Crippen MR) is 132 cm³/mol. The molecule has 1 aromatic carbocycles. The molecule has 1 unspecified atom stereocenters. The average molecular weight is 462 g/mol. The fraction of sp³-hybridized carbons (Fsp3) is 0.320. The molecule has 3 N–H and O–H groups in total. The third-order valence-corrected chi connectivity index (χ3v) is 7.50. The number of carbonyl (C=O) groups excluding carboxylic acids is 2. The van der Waals surface area contributed by atoms with Gasteiger partial charge in [-0.2, -0.15) is 11.3 Å². The van der Waals surface area contributed by atoms with E-state index in [0.29, 0.717) is 16.9 Å². The number of anilines is 3. The van der Waals surface area contributed by atoms with Crippen molar-refractivity contribution < 1.29 is 9.59 Å². The van der Waals surface area contributed by atoms with Crippen molar-refractivity contribution in [1.82, 2.24) is 9.88 Å². The minimum Gasteiger partial charge on any atom is -0.397 e. The highest BCUT2D eigenvalue weighted by atomic mass is 32.1. The summed E-state index contributed by atoms with van der Waals surface area (Å²) in [6.45, 7) is 5.11. The number of likely N-dealkylation sites (tertiary alicyclic amines) is 1. The minimum atomic E-state index is -0.242. The number of nitrogens with two attached hydrogens (primary N) is 1. The molecule has 1 spiro atoms. The number of amides is 2. The standard InChI is InChI=1S/C25H27N5O2S/c1-17(31)29-9-7-25(15-29)8-10-30(16-25)23-5-3-19(13-27-23)24(32)28-22-12-18(2-4-21(22)26)20-6-11-33-14-20/h2-6,11-14H,7-10,15-16,26H2,1H3,(H,28,32). The van der Waals surface area contributed by atoms with E-state index in [1.54, 1.807) is 30.5 Å². The van der Waals surface area contributed by atoms with Crippen LogP contribution in [0.3, 0.4) is 0 Å². The molecule has 7 nitrogen and oxygen atoms in total. The number of carbonyl (C=O) groups is 2. The van der Waals surface area contributed by atoms with Crippen molar-refractivity contribution in [3.63, 3.8) is 0 Å². The van der Waals surface area contributed by atoms with E-state index in [1.807, 2.05) is 40.6 Å². The summed E-state index contributed by atoms with van der Waals surface area (Å²) in [5.74, 6) is 0.776. The Bertz CT molecular complexity index is 1180. The van der Waals surface area contributed by atoms with Gasteiger partial charge in [-0.25, -0.2) is 4.98 Å². The Balaban J connectivity index is 1.25. The first-order valence-electron chi connectivity index (χ1n) is 11.1. The number of rotatable bonds is 4. The number of nitrogen functional groups attached to an aromatic ring is 1. The molecule has 8 heteroatoms. The van der Waals surface area contributed by atoms with Gasteiger partial charge in [0.1, 0.15) is 5.82 Å². The maximum atomic E-state index is 12.8. The van der Waals surface area contributed by atoms with Gasteiger partial charge in [0.05, 0.1) is 16.9 Å². The van der Waals surface area contributed by atoms with E-state index < -0.39 is 0 Å². The highest BCUT2D eigenvalue weighted by Crippen LogP contribution is 2.40. The molecule has 2 amide bonds. The second kappa shape index (κ2) is 8.51. The summed E-state index contributed by atoms with van der Waals surface area (Å²) in [5, 5.41) is 7.00. The van der Waals surface area contributed by atoms with E-state index >= 15 is 0 Å². The molecule has 0 bridgehead atoms. The fourth-order valence-electron chi connectivity index (χ4n) is 4.84. The van der Waals surface area contributed by atoms with Crippen molar-refractivity contribution in [3.8, 4) is 11.1 Å². The van der Waals surface area contributed by atoms with Crippen LogP contribution in [0.25, 0.3) is 11.1 Å². The number of hydrogen-bond acceptors (Lipinski definition) is 6. The van der Waals surface area contributed by atoms with Crippen molar-refractivity contribution in [2.24, 2.45) is 5.41 Å². The normalized spacial score (nSPS) is 19.9. The Labute approximate surface area is 197 Å². The van der Waals surface area contributed by atoms with Crippen LogP contribution in [-0.2, 0) is 4.79 Å². The van der Waals surface area contributed by atoms with Gasteiger partial charge >= 0.3 is 0 Å². The SMILES string of the molecule is CC(=O)N1CCC2(CCN(c3ccc(C(=O)Nc4cc(-c5ccsc5)ccc4N)cn3)C2)C1. The summed E-state index contributed by atoms with van der Waals surface area (Å²) in [7, 11) is 0. The molecular formula is C25H27N5O2S. The van der Waals surface area contributed by atoms with E-state index in [4.69, 9.17) is 5.73 Å². The Kier molecular flexibility index (Phi) is 5.54. The van der Waals surface area contributed by atoms with Crippen LogP contribution in [0, 0.1) is 5.41 Å². The summed E-state index contributed by atoms with van der Waals surface area (Å²) in [4.78, 5) is 33.3. The van der Waals surface area contributed by atoms with Crippen LogP contribution >= 0.6 is 11.3 Å². The van der Waals surface area contributed by atoms with Gasteiger partial charge in [0.2, 0.25) is 5.91 Å². The maximum absolute atomic E-state index is 12.8. The van der Waals surface area contributed by atoms with Gasteiger partial charge in [0.15, 0.2) is 0 Å². The minimum absolute atomic E-state index is 0.153. The molecule has 5 rings (SSSR count). The topological polar surface area (TPSA) is 91.6 Å². The molecule has 170 valence electrons. The van der Waals surface area contributed by atoms with E-state index in [1.165, 1.54) is 0 Å². The largest absolute Gasteiger partial charge is 0.397 e. The number of nitrogens with one attached hydrogen (secondary N) is 1. The lowest BCUT2D eigenvalue weighted by Gasteiger charge is -2.24. The van der Waals surface area contributed by atoms with Crippen molar-refractivity contribution in [3.05, 3.63) is 58.9 Å². The lowest BCUT2D eigenvalue weighted by atomic mass is 9.86. The van der Waals surface area contributed by atoms with E-state index in [9.17, 15) is 9.59 Å². The Morgan fingerprint density at radius 1 is 1.09 bits per heavy atom. The Morgan fingerprint density at radius 3 is 2.64 bits per heavy atom. The molecule has 4 heterocycles. The third-order valence-electron chi connectivity index (χ3n) is 6.81. The molecule has 2 aliphatic heterocycles. The van der Waals surface area contributed by atoms with Crippen molar-refractivity contribution in [1.29, 1.82) is 0 Å². The second-order valence-electron chi connectivity index (χ2n) is 9.04. The summed E-state index contributed by atoms with van der Waals surface area (Å²) < 4.78 is 0. The van der Waals surface area contributed by atoms with Gasteiger partial charge in [-0.1, -0.05) is 6.07 Å². The van der Waals surface area contributed by atoms with Crippen LogP contribution in [0.2, 0.25) is 0 Å². The zero-order valence-electron chi connectivity index (χ0n) is 18.6. The molecule has 0 radical (unpaired) electrons. The smallest absolute Gasteiger partial charge is 0.257 e. The van der Waals surface area contributed by atoms with Gasteiger partial charge < -0.3 is 20.9 Å². The second-order valence-corrected chi connectivity index (χ2v) is 9.82. The first kappa shape index (κ1) is 21.5. The molecule has 0 saturated carbocycles. The van der Waals surface area contributed by atoms with Crippen LogP contribution in [0.1, 0.15) is 30.1 Å². The van der Waals surface area contributed by atoms with Crippen molar-refractivity contribution in [2.45, 2.75) is 19.8 Å². The predicted octanol–water partition coefficient (Wildman–Crippen LogP) is 4.09. The van der Waals surface area contributed by atoms with Crippen molar-refractivity contribution in [2.75, 3.05) is 42.1 Å². The zero-order valence-corrected chi connectivity index (χ0v) is 19.4. The first-order valence-corrected chi connectivity index (χ1v) is 12.1. The third kappa shape index (κ3) is 4.30. The van der Waals surface area contributed by atoms with Gasteiger partial charge in [0.25, 0.3) is 5.91 Å². The highest BCUT2D eigenvalue weighted by Gasteiger charge is 2.44. The monoisotopic (exact) mass is 461 g/mol. The quantitative estimate of drug-likeness (QED) is 0.571. The van der Waals surface area contributed by atoms with Crippen LogP contribution in [0.5, 0.6) is 0 Å². The Morgan fingerprint density at radius 2 is 1.94 bits per heavy atom. The maximum Gasteiger partial charge on any atom is 0.257 e. The van der Waals surface area contributed by atoms with Crippen LogP contribution in [-0.4, -0.2) is 47.9 Å². The Hall–Kier alpha value is -3.39. The molecule has 2 fully saturated rings. The number of aromatic nitrogens is 1. The summed E-state index contributed by atoms with van der Waals surface area (Å²) >= 11 is 1.63. The molecule has 2 saturated heterocycles. The number of thiophene rings is 1. The lowest BCUT2D eigenvalue weighted by molar-refractivity contribution is -0.128. The number of hydrogen-bond donors (Lipinski definition) is 2. The van der Waals surface area contributed by atoms with Gasteiger partial charge in [-0.05, 0) is 65.1 Å². The van der Waals surface area contributed by atoms with Crippen LogP contribution in [0.15, 0.2) is 53.4 Å². The highest BCUT2D eigenvalue weighted by molar-refractivity contribution is 7.08. The number of pyridine rings is 1. The van der Waals surface area contributed by atoms with Crippen LogP contribution < -0.4 is 16.0 Å². The lowest BCUT2D eigenvalue weighted by Crippen LogP contribution is -2.33. The van der Waals surface area contributed by atoms with E-state index in [-0.39, 0.29) is 17.2 Å². The zero-order chi connectivity index (χ0) is 23.0. The van der Waals surface area contributed by atoms with Crippen LogP contribution in [0.4, 0.5) is 17.2 Å². The molecule has 2 aromatic heterocycles.